The molecule has 0 amide bonds. The first kappa shape index (κ1) is 14.1. The van der Waals surface area contributed by atoms with Crippen LogP contribution in [0.5, 0.6) is 0 Å². The number of nitrogens with one attached hydrogen (secondary N) is 1. The minimum atomic E-state index is 0.670. The molecule has 118 valence electrons. The van der Waals surface area contributed by atoms with Crippen LogP contribution in [0.1, 0.15) is 28.2 Å². The topological polar surface area (TPSA) is 70.8 Å². The van der Waals surface area contributed by atoms with Crippen molar-refractivity contribution in [2.45, 2.75) is 33.4 Å². The van der Waals surface area contributed by atoms with E-state index >= 15 is 0 Å². The van der Waals surface area contributed by atoms with Gasteiger partial charge < -0.3 is 4.42 Å². The minimum absolute atomic E-state index is 0.670. The first-order valence-corrected chi connectivity index (χ1v) is 7.82. The van der Waals surface area contributed by atoms with Crippen LogP contribution in [0.4, 0.5) is 0 Å². The molecular formula is C17H19N5O. The Kier molecular flexibility index (Phi) is 3.46. The van der Waals surface area contributed by atoms with Gasteiger partial charge in [0.1, 0.15) is 0 Å². The van der Waals surface area contributed by atoms with Gasteiger partial charge in [-0.05, 0) is 26.0 Å². The average molecular weight is 309 g/mol. The lowest BCUT2D eigenvalue weighted by Gasteiger charge is -2.28. The second kappa shape index (κ2) is 5.62. The second-order valence-electron chi connectivity index (χ2n) is 6.02. The van der Waals surface area contributed by atoms with Gasteiger partial charge in [-0.25, -0.2) is 9.97 Å². The Labute approximate surface area is 134 Å². The van der Waals surface area contributed by atoms with E-state index in [-0.39, 0.29) is 0 Å². The zero-order valence-electron chi connectivity index (χ0n) is 13.3. The summed E-state index contributed by atoms with van der Waals surface area (Å²) in [5, 5.41) is 7.34. The molecule has 0 saturated carbocycles. The van der Waals surface area contributed by atoms with Gasteiger partial charge in [-0.3, -0.25) is 10.00 Å². The first-order chi connectivity index (χ1) is 11.2. The van der Waals surface area contributed by atoms with Gasteiger partial charge in [0.2, 0.25) is 0 Å². The molecule has 23 heavy (non-hydrogen) atoms. The number of rotatable bonds is 3. The summed E-state index contributed by atoms with van der Waals surface area (Å²) in [6.45, 7) is 6.90. The van der Waals surface area contributed by atoms with Gasteiger partial charge in [-0.15, -0.1) is 0 Å². The lowest BCUT2D eigenvalue weighted by Crippen LogP contribution is -2.31. The summed E-state index contributed by atoms with van der Waals surface area (Å²) in [5.74, 6) is 1.39. The fourth-order valence-corrected chi connectivity index (χ4v) is 3.06. The van der Waals surface area contributed by atoms with Crippen molar-refractivity contribution in [3.63, 3.8) is 0 Å². The fraction of sp³-hybridized carbons (Fsp3) is 0.353. The van der Waals surface area contributed by atoms with Crippen LogP contribution in [0.2, 0.25) is 0 Å². The van der Waals surface area contributed by atoms with Gasteiger partial charge >= 0.3 is 0 Å². The van der Waals surface area contributed by atoms with Crippen LogP contribution in [0, 0.1) is 13.8 Å². The number of hydrogen-bond donors (Lipinski definition) is 1. The van der Waals surface area contributed by atoms with Gasteiger partial charge in [0.15, 0.2) is 11.6 Å². The molecule has 1 N–H and O–H groups in total. The van der Waals surface area contributed by atoms with E-state index in [0.29, 0.717) is 5.82 Å². The maximum atomic E-state index is 5.38. The number of aromatic nitrogens is 4. The van der Waals surface area contributed by atoms with Crippen molar-refractivity contribution in [1.29, 1.82) is 0 Å². The zero-order valence-corrected chi connectivity index (χ0v) is 13.3. The third kappa shape index (κ3) is 2.66. The molecule has 3 aromatic heterocycles. The Hall–Kier alpha value is -2.47. The Bertz CT molecular complexity index is 802. The van der Waals surface area contributed by atoms with Crippen LogP contribution in [0.25, 0.3) is 11.6 Å². The highest BCUT2D eigenvalue weighted by molar-refractivity contribution is 5.47. The van der Waals surface area contributed by atoms with Crippen LogP contribution in [-0.4, -0.2) is 31.6 Å². The van der Waals surface area contributed by atoms with E-state index in [1.807, 2.05) is 18.3 Å². The lowest BCUT2D eigenvalue weighted by atomic mass is 10.1. The van der Waals surface area contributed by atoms with Crippen molar-refractivity contribution in [3.8, 4) is 11.6 Å². The predicted molar refractivity (Wildman–Crippen MR) is 85.6 cm³/mol. The molecule has 1 aliphatic heterocycles. The van der Waals surface area contributed by atoms with Crippen molar-refractivity contribution < 1.29 is 4.42 Å². The Morgan fingerprint density at radius 1 is 1.35 bits per heavy atom. The smallest absolute Gasteiger partial charge is 0.195 e. The first-order valence-electron chi connectivity index (χ1n) is 7.82. The summed E-state index contributed by atoms with van der Waals surface area (Å²) >= 11 is 0. The normalized spacial score (nSPS) is 14.9. The molecule has 4 rings (SSSR count). The van der Waals surface area contributed by atoms with Crippen molar-refractivity contribution >= 4 is 0 Å². The number of hydrogen-bond acceptors (Lipinski definition) is 5. The Balaban J connectivity index is 1.54. The summed E-state index contributed by atoms with van der Waals surface area (Å²) < 4.78 is 5.38. The van der Waals surface area contributed by atoms with Crippen LogP contribution in [-0.2, 0) is 19.5 Å². The fourth-order valence-electron chi connectivity index (χ4n) is 3.06. The summed E-state index contributed by atoms with van der Waals surface area (Å²) in [6.07, 6.45) is 4.51. The summed E-state index contributed by atoms with van der Waals surface area (Å²) in [5.41, 5.74) is 5.85. The maximum absolute atomic E-state index is 5.38. The van der Waals surface area contributed by atoms with Crippen LogP contribution in [0.15, 0.2) is 29.0 Å². The minimum Gasteiger partial charge on any atom is -0.461 e. The van der Waals surface area contributed by atoms with Gasteiger partial charge in [-0.2, -0.15) is 5.10 Å². The molecule has 4 heterocycles. The van der Waals surface area contributed by atoms with Crippen LogP contribution >= 0.6 is 0 Å². The number of aryl methyl sites for hydroxylation is 2. The van der Waals surface area contributed by atoms with E-state index in [2.05, 4.69) is 38.9 Å². The highest BCUT2D eigenvalue weighted by Crippen LogP contribution is 2.23. The molecule has 3 aromatic rings. The number of nitrogens with zero attached hydrogens (tertiary/aromatic N) is 4. The number of H-pyrrole nitrogens is 1. The molecule has 0 aliphatic carbocycles. The van der Waals surface area contributed by atoms with E-state index in [1.54, 1.807) is 6.26 Å². The van der Waals surface area contributed by atoms with Crippen molar-refractivity contribution in [1.82, 2.24) is 25.1 Å². The highest BCUT2D eigenvalue weighted by Gasteiger charge is 2.21. The molecule has 6 nitrogen and oxygen atoms in total. The molecule has 0 bridgehead atoms. The molecule has 0 saturated heterocycles. The molecule has 0 spiro atoms. The molecule has 0 fully saturated rings. The van der Waals surface area contributed by atoms with E-state index in [1.165, 1.54) is 11.1 Å². The monoisotopic (exact) mass is 309 g/mol. The van der Waals surface area contributed by atoms with E-state index in [4.69, 9.17) is 4.42 Å². The summed E-state index contributed by atoms with van der Waals surface area (Å²) in [4.78, 5) is 11.5. The van der Waals surface area contributed by atoms with Crippen LogP contribution < -0.4 is 0 Å². The quantitative estimate of drug-likeness (QED) is 0.805. The summed E-state index contributed by atoms with van der Waals surface area (Å²) in [6, 6.07) is 3.75. The van der Waals surface area contributed by atoms with Crippen molar-refractivity contribution in [2.75, 3.05) is 6.54 Å². The number of furan rings is 1. The second-order valence-corrected chi connectivity index (χ2v) is 6.02. The molecule has 0 atom stereocenters. The molecule has 0 unspecified atom stereocenters. The van der Waals surface area contributed by atoms with E-state index in [0.717, 1.165) is 48.9 Å². The van der Waals surface area contributed by atoms with Gasteiger partial charge in [0.05, 0.1) is 17.7 Å². The molecular weight excluding hydrogens is 290 g/mol. The summed E-state index contributed by atoms with van der Waals surface area (Å²) in [7, 11) is 0. The van der Waals surface area contributed by atoms with Crippen molar-refractivity contribution in [2.24, 2.45) is 0 Å². The molecule has 1 aliphatic rings. The maximum Gasteiger partial charge on any atom is 0.195 e. The van der Waals surface area contributed by atoms with E-state index < -0.39 is 0 Å². The Morgan fingerprint density at radius 2 is 2.26 bits per heavy atom. The van der Waals surface area contributed by atoms with Crippen molar-refractivity contribution in [3.05, 3.63) is 52.8 Å². The lowest BCUT2D eigenvalue weighted by molar-refractivity contribution is 0.242. The van der Waals surface area contributed by atoms with Crippen LogP contribution in [0.3, 0.4) is 0 Å². The molecule has 6 heteroatoms. The van der Waals surface area contributed by atoms with Gasteiger partial charge in [0.25, 0.3) is 0 Å². The zero-order chi connectivity index (χ0) is 15.8. The average Bonchev–Trinajstić information content (AvgIpc) is 3.20. The SMILES string of the molecule is Cc1n[nH]c(C)c1CN1CCc2nc(-c3ccco3)ncc2C1. The standard InChI is InChI=1S/C17H19N5O/c1-11-14(12(2)21-20-11)10-22-6-5-15-13(9-22)8-18-17(19-15)16-4-3-7-23-16/h3-4,7-8H,5-6,9-10H2,1-2H3,(H,20,21). The number of fused-ring (bicyclic) bond motifs is 1. The predicted octanol–water partition coefficient (Wildman–Crippen LogP) is 2.63. The van der Waals surface area contributed by atoms with E-state index in [9.17, 15) is 0 Å². The number of aromatic amines is 1. The van der Waals surface area contributed by atoms with Gasteiger partial charge in [-0.1, -0.05) is 0 Å². The Morgan fingerprint density at radius 3 is 3.00 bits per heavy atom. The third-order valence-corrected chi connectivity index (χ3v) is 4.42. The largest absolute Gasteiger partial charge is 0.461 e. The third-order valence-electron chi connectivity index (χ3n) is 4.42. The highest BCUT2D eigenvalue weighted by atomic mass is 16.3. The molecule has 0 radical (unpaired) electrons. The van der Waals surface area contributed by atoms with Gasteiger partial charge in [0, 0.05) is 49.1 Å². The molecule has 0 aromatic carbocycles.